The van der Waals surface area contributed by atoms with Crippen LogP contribution in [0.25, 0.3) is 15.2 Å². The molecule has 124 valence electrons. The minimum Gasteiger partial charge on any atom is -0.455 e. The normalized spacial score (nSPS) is 11.0. The van der Waals surface area contributed by atoms with E-state index in [2.05, 4.69) is 9.97 Å². The predicted octanol–water partition coefficient (Wildman–Crippen LogP) is 1.66. The van der Waals surface area contributed by atoms with E-state index in [1.165, 1.54) is 17.4 Å². The second-order valence-corrected chi connectivity index (χ2v) is 6.36. The summed E-state index contributed by atoms with van der Waals surface area (Å²) in [6.45, 7) is -0.104. The van der Waals surface area contributed by atoms with E-state index >= 15 is 0 Å². The van der Waals surface area contributed by atoms with Gasteiger partial charge in [-0.1, -0.05) is 23.5 Å². The number of anilines is 1. The number of aromatic amines is 1. The van der Waals surface area contributed by atoms with Gasteiger partial charge in [-0.25, -0.2) is 14.8 Å². The second kappa shape index (κ2) is 5.99. The van der Waals surface area contributed by atoms with Gasteiger partial charge in [-0.3, -0.25) is 14.9 Å². The summed E-state index contributed by atoms with van der Waals surface area (Å²) < 4.78 is 7.75. The minimum absolute atomic E-state index is 0.104. The Kier molecular flexibility index (Phi) is 3.66. The molecule has 0 amide bonds. The first-order valence-corrected chi connectivity index (χ1v) is 8.28. The van der Waals surface area contributed by atoms with E-state index in [1.807, 2.05) is 24.3 Å². The number of nitrogens with zero attached hydrogens (tertiary/aromatic N) is 2. The van der Waals surface area contributed by atoms with Crippen LogP contribution in [0.5, 0.6) is 0 Å². The molecular formula is C17H13N4O3S+. The Hall–Kier alpha value is -3.26. The second-order valence-electron chi connectivity index (χ2n) is 5.35. The molecule has 4 aromatic rings. The maximum absolute atomic E-state index is 12.4. The van der Waals surface area contributed by atoms with Crippen LogP contribution in [-0.4, -0.2) is 15.4 Å². The van der Waals surface area contributed by atoms with Crippen LogP contribution in [0.4, 0.5) is 5.82 Å². The van der Waals surface area contributed by atoms with Gasteiger partial charge in [0, 0.05) is 6.07 Å². The van der Waals surface area contributed by atoms with Crippen LogP contribution in [-0.2, 0) is 11.3 Å². The lowest BCUT2D eigenvalue weighted by Gasteiger charge is -2.04. The monoisotopic (exact) mass is 353 g/mol. The molecule has 3 N–H and O–H groups in total. The number of ether oxygens (including phenoxy) is 1. The Morgan fingerprint density at radius 1 is 1.28 bits per heavy atom. The standard InChI is InChI=1S/C17H12N4O3S/c18-15-11(4-3-7-19-15)16(23)24-9-10-8-14(22)21-12-5-1-2-6-13(12)25-17(21)20-10/h1-8H,9H2,(H2,18,19)/p+1. The molecule has 0 radical (unpaired) electrons. The lowest BCUT2D eigenvalue weighted by molar-refractivity contribution is -0.360. The van der Waals surface area contributed by atoms with Crippen molar-refractivity contribution in [3.05, 3.63) is 70.3 Å². The molecule has 8 heteroatoms. The highest BCUT2D eigenvalue weighted by Gasteiger charge is 2.16. The van der Waals surface area contributed by atoms with Crippen molar-refractivity contribution in [2.45, 2.75) is 6.61 Å². The number of benzene rings is 1. The number of pyridine rings is 1. The van der Waals surface area contributed by atoms with E-state index in [0.29, 0.717) is 10.7 Å². The Morgan fingerprint density at radius 3 is 2.96 bits per heavy atom. The zero-order valence-electron chi connectivity index (χ0n) is 12.9. The number of hydrogen-bond donors (Lipinski definition) is 1. The fourth-order valence-electron chi connectivity index (χ4n) is 2.54. The number of nitrogens with two attached hydrogens (primary N) is 1. The van der Waals surface area contributed by atoms with Crippen molar-refractivity contribution in [1.29, 1.82) is 0 Å². The van der Waals surface area contributed by atoms with E-state index in [-0.39, 0.29) is 23.5 Å². The van der Waals surface area contributed by atoms with E-state index in [4.69, 9.17) is 10.5 Å². The molecule has 0 aliphatic rings. The number of nitrogens with one attached hydrogen (secondary N) is 1. The van der Waals surface area contributed by atoms with E-state index in [9.17, 15) is 9.59 Å². The third-order valence-electron chi connectivity index (χ3n) is 3.71. The summed E-state index contributed by atoms with van der Waals surface area (Å²) in [6.07, 6.45) is 1.62. The van der Waals surface area contributed by atoms with Gasteiger partial charge in [0.1, 0.15) is 12.2 Å². The summed E-state index contributed by atoms with van der Waals surface area (Å²) >= 11 is 1.41. The maximum atomic E-state index is 12.4. The van der Waals surface area contributed by atoms with E-state index in [1.54, 1.807) is 22.7 Å². The van der Waals surface area contributed by atoms with Crippen molar-refractivity contribution in [2.75, 3.05) is 5.73 Å². The number of para-hydroxylation sites is 1. The number of aromatic nitrogens is 3. The first-order valence-electron chi connectivity index (χ1n) is 7.47. The first-order chi connectivity index (χ1) is 12.1. The fourth-order valence-corrected chi connectivity index (χ4v) is 3.59. The Bertz CT molecular complexity index is 1170. The van der Waals surface area contributed by atoms with Crippen LogP contribution in [0, 0.1) is 0 Å². The van der Waals surface area contributed by atoms with Crippen molar-refractivity contribution < 1.29 is 14.5 Å². The average Bonchev–Trinajstić information content (AvgIpc) is 2.99. The zero-order valence-corrected chi connectivity index (χ0v) is 13.7. The SMILES string of the molecule is Nc1[nH+]cccc1C(=O)OCc1cc(=O)n2c(n1)sc1ccccc12. The molecule has 0 saturated carbocycles. The van der Waals surface area contributed by atoms with Crippen LogP contribution in [0.2, 0.25) is 0 Å². The smallest absolute Gasteiger partial charge is 0.346 e. The van der Waals surface area contributed by atoms with Gasteiger partial charge < -0.3 is 4.74 Å². The summed E-state index contributed by atoms with van der Waals surface area (Å²) in [5.41, 5.74) is 6.95. The molecule has 25 heavy (non-hydrogen) atoms. The van der Waals surface area contributed by atoms with Gasteiger partial charge in [-0.2, -0.15) is 0 Å². The molecule has 3 aromatic heterocycles. The number of rotatable bonds is 3. The van der Waals surface area contributed by atoms with Gasteiger partial charge in [0.25, 0.3) is 11.4 Å². The molecule has 0 aliphatic carbocycles. The Labute approximate surface area is 145 Å². The molecule has 7 nitrogen and oxygen atoms in total. The van der Waals surface area contributed by atoms with Crippen molar-refractivity contribution in [3.63, 3.8) is 0 Å². The molecule has 0 fully saturated rings. The Balaban J connectivity index is 1.64. The molecule has 0 atom stereocenters. The van der Waals surface area contributed by atoms with Crippen LogP contribution >= 0.6 is 11.3 Å². The summed E-state index contributed by atoms with van der Waals surface area (Å²) in [5, 5.41) is 0. The third-order valence-corrected chi connectivity index (χ3v) is 4.73. The zero-order chi connectivity index (χ0) is 17.4. The predicted molar refractivity (Wildman–Crippen MR) is 93.4 cm³/mol. The molecular weight excluding hydrogens is 340 g/mol. The number of thiazole rings is 1. The molecule has 1 aromatic carbocycles. The number of H-pyrrole nitrogens is 1. The lowest BCUT2D eigenvalue weighted by Crippen LogP contribution is -2.18. The molecule has 0 unspecified atom stereocenters. The summed E-state index contributed by atoms with van der Waals surface area (Å²) in [4.78, 5) is 32.2. The number of fused-ring (bicyclic) bond motifs is 3. The molecule has 4 rings (SSSR count). The number of carbonyl (C=O) groups is 1. The number of hydrogen-bond acceptors (Lipinski definition) is 6. The number of nitrogen functional groups attached to an aromatic ring is 1. The molecule has 3 heterocycles. The van der Waals surface area contributed by atoms with Gasteiger partial charge >= 0.3 is 5.97 Å². The summed E-state index contributed by atoms with van der Waals surface area (Å²) in [6, 6.07) is 12.2. The van der Waals surface area contributed by atoms with Crippen LogP contribution < -0.4 is 16.3 Å². The van der Waals surface area contributed by atoms with Gasteiger partial charge in [0.15, 0.2) is 4.96 Å². The van der Waals surface area contributed by atoms with Gasteiger partial charge in [0.05, 0.1) is 22.1 Å². The highest BCUT2D eigenvalue weighted by molar-refractivity contribution is 7.23. The topological polar surface area (TPSA) is 101 Å². The number of esters is 1. The largest absolute Gasteiger partial charge is 0.455 e. The number of carbonyl (C=O) groups excluding carboxylic acids is 1. The van der Waals surface area contributed by atoms with E-state index < -0.39 is 5.97 Å². The molecule has 0 aliphatic heterocycles. The third kappa shape index (κ3) is 2.72. The van der Waals surface area contributed by atoms with Crippen LogP contribution in [0.1, 0.15) is 16.1 Å². The molecule has 0 spiro atoms. The maximum Gasteiger partial charge on any atom is 0.346 e. The summed E-state index contributed by atoms with van der Waals surface area (Å²) in [7, 11) is 0. The minimum atomic E-state index is -0.576. The van der Waals surface area contributed by atoms with E-state index in [0.717, 1.165) is 10.2 Å². The van der Waals surface area contributed by atoms with Crippen LogP contribution in [0.15, 0.2) is 53.5 Å². The van der Waals surface area contributed by atoms with Crippen molar-refractivity contribution in [3.8, 4) is 0 Å². The lowest BCUT2D eigenvalue weighted by atomic mass is 10.2. The molecule has 0 saturated heterocycles. The average molecular weight is 353 g/mol. The molecule has 0 bridgehead atoms. The van der Waals surface area contributed by atoms with Crippen molar-refractivity contribution in [1.82, 2.24) is 9.38 Å². The Morgan fingerprint density at radius 2 is 2.12 bits per heavy atom. The highest BCUT2D eigenvalue weighted by atomic mass is 32.1. The van der Waals surface area contributed by atoms with Crippen molar-refractivity contribution >= 4 is 38.3 Å². The van der Waals surface area contributed by atoms with Gasteiger partial charge in [0.2, 0.25) is 0 Å². The fraction of sp³-hybridized carbons (Fsp3) is 0.0588. The summed E-state index contributed by atoms with van der Waals surface area (Å²) in [5.74, 6) is -0.354. The quantitative estimate of drug-likeness (QED) is 0.565. The first kappa shape index (κ1) is 15.3. The highest BCUT2D eigenvalue weighted by Crippen LogP contribution is 2.23. The van der Waals surface area contributed by atoms with Gasteiger partial charge in [-0.05, 0) is 24.3 Å². The van der Waals surface area contributed by atoms with Crippen LogP contribution in [0.3, 0.4) is 0 Å². The van der Waals surface area contributed by atoms with Gasteiger partial charge in [-0.15, -0.1) is 0 Å². The van der Waals surface area contributed by atoms with Crippen molar-refractivity contribution in [2.24, 2.45) is 0 Å².